The van der Waals surface area contributed by atoms with E-state index in [1.807, 2.05) is 36.1 Å². The molecule has 2 saturated heterocycles. The van der Waals surface area contributed by atoms with Gasteiger partial charge in [0, 0.05) is 51.0 Å². The quantitative estimate of drug-likeness (QED) is 0.827. The zero-order valence-electron chi connectivity index (χ0n) is 16.8. The Morgan fingerprint density at radius 3 is 2.41 bits per heavy atom. The Balaban J connectivity index is 1.38. The molecule has 7 nitrogen and oxygen atoms in total. The molecule has 29 heavy (non-hydrogen) atoms. The molecule has 0 bridgehead atoms. The molecule has 0 atom stereocenters. The number of aromatic nitrogens is 2. The molecule has 2 fully saturated rings. The van der Waals surface area contributed by atoms with Gasteiger partial charge in [-0.1, -0.05) is 23.7 Å². The van der Waals surface area contributed by atoms with Crippen molar-refractivity contribution in [2.75, 3.05) is 54.4 Å². The number of nitrogens with zero attached hydrogens (tertiary/aromatic N) is 5. The van der Waals surface area contributed by atoms with Crippen molar-refractivity contribution in [3.05, 3.63) is 41.0 Å². The first-order valence-corrected chi connectivity index (χ1v) is 10.6. The van der Waals surface area contributed by atoms with Gasteiger partial charge in [0.05, 0.1) is 10.7 Å². The molecule has 0 spiro atoms. The number of urea groups is 1. The lowest BCUT2D eigenvalue weighted by Gasteiger charge is -2.36. The molecule has 1 N–H and O–H groups in total. The Bertz CT molecular complexity index is 862. The molecule has 8 heteroatoms. The summed E-state index contributed by atoms with van der Waals surface area (Å²) in [7, 11) is 0. The van der Waals surface area contributed by atoms with Crippen LogP contribution in [0.1, 0.15) is 25.0 Å². The van der Waals surface area contributed by atoms with Gasteiger partial charge >= 0.3 is 6.03 Å². The number of para-hydroxylation sites is 1. The second kappa shape index (κ2) is 8.86. The van der Waals surface area contributed by atoms with Crippen LogP contribution in [0.5, 0.6) is 0 Å². The molecular weight excluding hydrogens is 388 g/mol. The van der Waals surface area contributed by atoms with Crippen molar-refractivity contribution in [2.45, 2.75) is 26.2 Å². The SMILES string of the molecule is Cc1cc(N2CCN(C(=O)Nc3ccccc3Cl)CC2)nc(N2CCCCC2)n1. The third-order valence-corrected chi connectivity index (χ3v) is 5.80. The first kappa shape index (κ1) is 19.8. The summed E-state index contributed by atoms with van der Waals surface area (Å²) in [6.45, 7) is 6.83. The molecule has 154 valence electrons. The molecule has 2 aliphatic heterocycles. The third-order valence-electron chi connectivity index (χ3n) is 5.47. The highest BCUT2D eigenvalue weighted by atomic mass is 35.5. The Kier molecular flexibility index (Phi) is 6.04. The maximum Gasteiger partial charge on any atom is 0.322 e. The fourth-order valence-corrected chi connectivity index (χ4v) is 4.01. The molecule has 2 aromatic rings. The average Bonchev–Trinajstić information content (AvgIpc) is 2.75. The Labute approximate surface area is 176 Å². The number of nitrogens with one attached hydrogen (secondary N) is 1. The molecule has 0 unspecified atom stereocenters. The molecule has 1 aromatic carbocycles. The molecule has 4 rings (SSSR count). The lowest BCUT2D eigenvalue weighted by molar-refractivity contribution is 0.208. The Morgan fingerprint density at radius 1 is 0.966 bits per heavy atom. The summed E-state index contributed by atoms with van der Waals surface area (Å²) in [5.41, 5.74) is 1.62. The van der Waals surface area contributed by atoms with Crippen molar-refractivity contribution < 1.29 is 4.79 Å². The fraction of sp³-hybridized carbons (Fsp3) is 0.476. The van der Waals surface area contributed by atoms with Crippen LogP contribution in [0.4, 0.5) is 22.2 Å². The van der Waals surface area contributed by atoms with Crippen molar-refractivity contribution in [3.63, 3.8) is 0 Å². The number of benzene rings is 1. The van der Waals surface area contributed by atoms with Gasteiger partial charge in [-0.15, -0.1) is 0 Å². The summed E-state index contributed by atoms with van der Waals surface area (Å²) in [4.78, 5) is 28.4. The average molecular weight is 415 g/mol. The maximum absolute atomic E-state index is 12.6. The second-order valence-corrected chi connectivity index (χ2v) is 8.01. The molecule has 0 saturated carbocycles. The minimum Gasteiger partial charge on any atom is -0.353 e. The predicted molar refractivity (Wildman–Crippen MR) is 117 cm³/mol. The highest BCUT2D eigenvalue weighted by Crippen LogP contribution is 2.23. The lowest BCUT2D eigenvalue weighted by atomic mass is 10.1. The number of carbonyl (C=O) groups excluding carboxylic acids is 1. The number of aryl methyl sites for hydroxylation is 1. The number of piperazine rings is 1. The van der Waals surface area contributed by atoms with Crippen LogP contribution in [0.2, 0.25) is 5.02 Å². The lowest BCUT2D eigenvalue weighted by Crippen LogP contribution is -2.50. The van der Waals surface area contributed by atoms with Crippen molar-refractivity contribution in [3.8, 4) is 0 Å². The van der Waals surface area contributed by atoms with Gasteiger partial charge < -0.3 is 20.0 Å². The van der Waals surface area contributed by atoms with Crippen molar-refractivity contribution >= 4 is 35.1 Å². The minimum atomic E-state index is -0.120. The zero-order chi connectivity index (χ0) is 20.2. The van der Waals surface area contributed by atoms with E-state index >= 15 is 0 Å². The van der Waals surface area contributed by atoms with Crippen LogP contribution in [-0.2, 0) is 0 Å². The van der Waals surface area contributed by atoms with Crippen LogP contribution >= 0.6 is 11.6 Å². The normalized spacial score (nSPS) is 17.4. The van der Waals surface area contributed by atoms with E-state index in [1.54, 1.807) is 6.07 Å². The highest BCUT2D eigenvalue weighted by Gasteiger charge is 2.24. The van der Waals surface area contributed by atoms with Gasteiger partial charge in [-0.3, -0.25) is 0 Å². The van der Waals surface area contributed by atoms with E-state index in [4.69, 9.17) is 16.6 Å². The van der Waals surface area contributed by atoms with Crippen LogP contribution in [0.3, 0.4) is 0 Å². The van der Waals surface area contributed by atoms with Crippen LogP contribution in [-0.4, -0.2) is 60.2 Å². The standard InChI is InChI=1S/C21H27ClN6O/c1-16-15-19(25-20(23-16)27-9-5-2-6-10-27)26-11-13-28(14-12-26)21(29)24-18-8-4-3-7-17(18)22/h3-4,7-8,15H,2,5-6,9-14H2,1H3,(H,24,29). The summed E-state index contributed by atoms with van der Waals surface area (Å²) in [5.74, 6) is 1.78. The number of hydrogen-bond donors (Lipinski definition) is 1. The third kappa shape index (κ3) is 4.72. The summed E-state index contributed by atoms with van der Waals surface area (Å²) in [6.07, 6.45) is 3.69. The molecule has 0 radical (unpaired) electrons. The smallest absolute Gasteiger partial charge is 0.322 e. The summed E-state index contributed by atoms with van der Waals surface area (Å²) >= 11 is 6.14. The van der Waals surface area contributed by atoms with Crippen LogP contribution < -0.4 is 15.1 Å². The second-order valence-electron chi connectivity index (χ2n) is 7.60. The van der Waals surface area contributed by atoms with Gasteiger partial charge in [0.25, 0.3) is 0 Å². The number of rotatable bonds is 3. The van der Waals surface area contributed by atoms with E-state index in [2.05, 4.69) is 20.1 Å². The van der Waals surface area contributed by atoms with Crippen LogP contribution in [0.15, 0.2) is 30.3 Å². The number of amides is 2. The van der Waals surface area contributed by atoms with E-state index < -0.39 is 0 Å². The first-order valence-electron chi connectivity index (χ1n) is 10.3. The van der Waals surface area contributed by atoms with Gasteiger partial charge in [0.1, 0.15) is 5.82 Å². The fourth-order valence-electron chi connectivity index (χ4n) is 3.83. The molecule has 2 aliphatic rings. The van der Waals surface area contributed by atoms with Crippen LogP contribution in [0, 0.1) is 6.92 Å². The van der Waals surface area contributed by atoms with Crippen molar-refractivity contribution in [2.24, 2.45) is 0 Å². The van der Waals surface area contributed by atoms with E-state index in [0.717, 1.165) is 43.6 Å². The molecular formula is C21H27ClN6O. The predicted octanol–water partition coefficient (Wildman–Crippen LogP) is 3.78. The van der Waals surface area contributed by atoms with Gasteiger partial charge in [0.15, 0.2) is 0 Å². The molecule has 3 heterocycles. The Hall–Kier alpha value is -2.54. The summed E-state index contributed by atoms with van der Waals surface area (Å²) < 4.78 is 0. The van der Waals surface area contributed by atoms with Gasteiger partial charge in [-0.25, -0.2) is 9.78 Å². The molecule has 1 aromatic heterocycles. The number of piperidine rings is 1. The zero-order valence-corrected chi connectivity index (χ0v) is 17.5. The summed E-state index contributed by atoms with van der Waals surface area (Å²) in [6, 6.07) is 9.20. The van der Waals surface area contributed by atoms with E-state index in [-0.39, 0.29) is 6.03 Å². The van der Waals surface area contributed by atoms with Gasteiger partial charge in [0.2, 0.25) is 5.95 Å². The number of anilines is 3. The van der Waals surface area contributed by atoms with Crippen molar-refractivity contribution in [1.29, 1.82) is 0 Å². The Morgan fingerprint density at radius 2 is 1.69 bits per heavy atom. The number of hydrogen-bond acceptors (Lipinski definition) is 5. The molecule has 0 aliphatic carbocycles. The van der Waals surface area contributed by atoms with Crippen LogP contribution in [0.25, 0.3) is 0 Å². The van der Waals surface area contributed by atoms with E-state index in [0.29, 0.717) is 23.8 Å². The van der Waals surface area contributed by atoms with Gasteiger partial charge in [-0.2, -0.15) is 4.98 Å². The highest BCUT2D eigenvalue weighted by molar-refractivity contribution is 6.33. The largest absolute Gasteiger partial charge is 0.353 e. The van der Waals surface area contributed by atoms with Gasteiger partial charge in [-0.05, 0) is 38.3 Å². The molecule has 2 amide bonds. The van der Waals surface area contributed by atoms with Crippen molar-refractivity contribution in [1.82, 2.24) is 14.9 Å². The van der Waals surface area contributed by atoms with E-state index in [1.165, 1.54) is 19.3 Å². The number of carbonyl (C=O) groups is 1. The minimum absolute atomic E-state index is 0.120. The number of halogens is 1. The van der Waals surface area contributed by atoms with E-state index in [9.17, 15) is 4.79 Å². The first-order chi connectivity index (χ1) is 14.1. The topological polar surface area (TPSA) is 64.6 Å². The summed E-state index contributed by atoms with van der Waals surface area (Å²) in [5, 5.41) is 3.44. The maximum atomic E-state index is 12.6. The monoisotopic (exact) mass is 414 g/mol.